The summed E-state index contributed by atoms with van der Waals surface area (Å²) >= 11 is 0. The fraction of sp³-hybridized carbons (Fsp3) is 0.458. The molecule has 9 unspecified atom stereocenters. The van der Waals surface area contributed by atoms with Crippen molar-refractivity contribution in [3.05, 3.63) is 34.5 Å². The topological polar surface area (TPSA) is 249 Å². The van der Waals surface area contributed by atoms with Gasteiger partial charge in [0.05, 0.1) is 13.2 Å². The first-order valence-corrected chi connectivity index (χ1v) is 11.8. The van der Waals surface area contributed by atoms with E-state index in [1.807, 2.05) is 0 Å². The van der Waals surface area contributed by atoms with E-state index in [0.717, 1.165) is 18.2 Å². The maximum absolute atomic E-state index is 13.3. The van der Waals surface area contributed by atoms with Crippen LogP contribution in [0.25, 0.3) is 21.9 Å². The lowest BCUT2D eigenvalue weighted by Gasteiger charge is -2.41. The van der Waals surface area contributed by atoms with E-state index < -0.39 is 84.6 Å². The Bertz CT molecular complexity index is 1420. The van der Waals surface area contributed by atoms with Crippen molar-refractivity contribution >= 4 is 21.9 Å². The van der Waals surface area contributed by atoms with Crippen LogP contribution in [0, 0.1) is 0 Å². The number of phenols is 3. The standard InChI is InChI=1S/C24H26O15/c25-7-3-11-14(19(31)15-10(37-11)2-1-8(26)16(15)28)12(4-7)38-24-22(34)20(32)18(30)13(39-24)6-36-23-21(33)17(29)9(27)5-35-23/h1-4,9,13,17-18,20-30,32-34H,5-6H2. The second kappa shape index (κ2) is 10.4. The second-order valence-corrected chi connectivity index (χ2v) is 9.27. The van der Waals surface area contributed by atoms with E-state index in [4.69, 9.17) is 23.4 Å². The van der Waals surface area contributed by atoms with Crippen LogP contribution in [-0.2, 0) is 14.2 Å². The van der Waals surface area contributed by atoms with Gasteiger partial charge in [-0.1, -0.05) is 0 Å². The maximum Gasteiger partial charge on any atom is 0.229 e. The lowest BCUT2D eigenvalue weighted by atomic mass is 9.99. The Morgan fingerprint density at radius 3 is 2.28 bits per heavy atom. The van der Waals surface area contributed by atoms with Crippen LogP contribution in [-0.4, -0.2) is 114 Å². The van der Waals surface area contributed by atoms with Gasteiger partial charge in [-0.15, -0.1) is 0 Å². The SMILES string of the molecule is O=c1c2c(OC3OC(COC4OCC(O)C(O)C4O)C(O)C(O)C3O)cc(O)cc2oc2ccc(O)c(O)c12. The maximum atomic E-state index is 13.3. The summed E-state index contributed by atoms with van der Waals surface area (Å²) in [5.41, 5.74) is -1.14. The van der Waals surface area contributed by atoms with Gasteiger partial charge in [-0.25, -0.2) is 0 Å². The molecule has 3 heterocycles. The molecule has 15 heteroatoms. The van der Waals surface area contributed by atoms with Crippen molar-refractivity contribution < 1.29 is 69.3 Å². The first-order valence-electron chi connectivity index (χ1n) is 11.8. The van der Waals surface area contributed by atoms with Crippen molar-refractivity contribution in [3.63, 3.8) is 0 Å². The van der Waals surface area contributed by atoms with Crippen LogP contribution in [0.1, 0.15) is 0 Å². The van der Waals surface area contributed by atoms with Crippen molar-refractivity contribution in [3.8, 4) is 23.0 Å². The van der Waals surface area contributed by atoms with Gasteiger partial charge in [0.15, 0.2) is 17.8 Å². The summed E-state index contributed by atoms with van der Waals surface area (Å²) in [7, 11) is 0. The van der Waals surface area contributed by atoms with Gasteiger partial charge in [0.25, 0.3) is 0 Å². The molecule has 2 saturated heterocycles. The highest BCUT2D eigenvalue weighted by Crippen LogP contribution is 2.37. The summed E-state index contributed by atoms with van der Waals surface area (Å²) in [5.74, 6) is -2.15. The molecule has 39 heavy (non-hydrogen) atoms. The fourth-order valence-electron chi connectivity index (χ4n) is 4.48. The van der Waals surface area contributed by atoms with Crippen LogP contribution < -0.4 is 10.2 Å². The third kappa shape index (κ3) is 4.84. The number of hydrogen-bond donors (Lipinski definition) is 9. The molecule has 2 fully saturated rings. The van der Waals surface area contributed by atoms with Gasteiger partial charge < -0.3 is 69.3 Å². The number of ether oxygens (including phenoxy) is 4. The minimum absolute atomic E-state index is 0.103. The monoisotopic (exact) mass is 554 g/mol. The summed E-state index contributed by atoms with van der Waals surface area (Å²) in [6, 6.07) is 4.43. The highest BCUT2D eigenvalue weighted by Gasteiger charge is 2.46. The Balaban J connectivity index is 1.43. The lowest BCUT2D eigenvalue weighted by molar-refractivity contribution is -0.307. The number of aliphatic hydroxyl groups excluding tert-OH is 6. The normalized spacial score (nSPS) is 33.4. The molecule has 5 rings (SSSR count). The lowest BCUT2D eigenvalue weighted by Crippen LogP contribution is -2.61. The van der Waals surface area contributed by atoms with Crippen LogP contribution in [0.2, 0.25) is 0 Å². The minimum atomic E-state index is -1.87. The van der Waals surface area contributed by atoms with E-state index in [1.165, 1.54) is 6.07 Å². The third-order valence-electron chi connectivity index (χ3n) is 6.63. The molecule has 0 aliphatic carbocycles. The first-order chi connectivity index (χ1) is 18.5. The van der Waals surface area contributed by atoms with Gasteiger partial charge in [0.1, 0.15) is 76.2 Å². The molecule has 0 saturated carbocycles. The summed E-state index contributed by atoms with van der Waals surface area (Å²) in [6.45, 7) is -0.894. The zero-order chi connectivity index (χ0) is 28.2. The molecule has 212 valence electrons. The predicted molar refractivity (Wildman–Crippen MR) is 126 cm³/mol. The van der Waals surface area contributed by atoms with Crippen molar-refractivity contribution in [2.75, 3.05) is 13.2 Å². The Labute approximate surface area is 217 Å². The number of hydrogen-bond acceptors (Lipinski definition) is 15. The molecule has 0 bridgehead atoms. The molecule has 9 N–H and O–H groups in total. The van der Waals surface area contributed by atoms with Gasteiger partial charge in [-0.3, -0.25) is 4.79 Å². The Kier molecular flexibility index (Phi) is 7.27. The van der Waals surface area contributed by atoms with Crippen molar-refractivity contribution in [1.82, 2.24) is 0 Å². The van der Waals surface area contributed by atoms with E-state index in [9.17, 15) is 50.8 Å². The van der Waals surface area contributed by atoms with Crippen LogP contribution in [0.15, 0.2) is 33.5 Å². The molecule has 2 aliphatic rings. The largest absolute Gasteiger partial charge is 0.508 e. The van der Waals surface area contributed by atoms with E-state index in [0.29, 0.717) is 0 Å². The van der Waals surface area contributed by atoms with E-state index in [2.05, 4.69) is 0 Å². The summed E-state index contributed by atoms with van der Waals surface area (Å²) in [4.78, 5) is 13.3. The van der Waals surface area contributed by atoms with E-state index in [-0.39, 0.29) is 34.3 Å². The van der Waals surface area contributed by atoms with Crippen LogP contribution in [0.4, 0.5) is 0 Å². The number of phenolic OH excluding ortho intramolecular Hbond substituents is 3. The zero-order valence-electron chi connectivity index (χ0n) is 19.9. The molecular formula is C24H26O15. The Hall–Kier alpha value is -3.25. The van der Waals surface area contributed by atoms with Gasteiger partial charge in [-0.05, 0) is 12.1 Å². The van der Waals surface area contributed by atoms with Crippen molar-refractivity contribution in [1.29, 1.82) is 0 Å². The van der Waals surface area contributed by atoms with Crippen molar-refractivity contribution in [2.24, 2.45) is 0 Å². The summed E-state index contributed by atoms with van der Waals surface area (Å²) in [6.07, 6.45) is -14.5. The van der Waals surface area contributed by atoms with Gasteiger partial charge in [0.2, 0.25) is 11.7 Å². The Morgan fingerprint density at radius 2 is 1.54 bits per heavy atom. The number of aromatic hydroxyl groups is 3. The van der Waals surface area contributed by atoms with Gasteiger partial charge in [-0.2, -0.15) is 0 Å². The molecule has 0 radical (unpaired) electrons. The zero-order valence-corrected chi connectivity index (χ0v) is 19.9. The molecule has 2 aromatic carbocycles. The molecular weight excluding hydrogens is 528 g/mol. The number of rotatable bonds is 5. The first kappa shape index (κ1) is 27.3. The number of benzene rings is 2. The molecule has 2 aliphatic heterocycles. The summed E-state index contributed by atoms with van der Waals surface area (Å²) < 4.78 is 27.3. The average Bonchev–Trinajstić information content (AvgIpc) is 2.89. The van der Waals surface area contributed by atoms with Gasteiger partial charge in [0, 0.05) is 12.1 Å². The number of fused-ring (bicyclic) bond motifs is 2. The molecule has 3 aromatic rings. The molecule has 1 aromatic heterocycles. The fourth-order valence-corrected chi connectivity index (χ4v) is 4.48. The quantitative estimate of drug-likeness (QED) is 0.119. The smallest absolute Gasteiger partial charge is 0.229 e. The molecule has 9 atom stereocenters. The van der Waals surface area contributed by atoms with Crippen LogP contribution in [0.3, 0.4) is 0 Å². The molecule has 0 amide bonds. The minimum Gasteiger partial charge on any atom is -0.508 e. The molecule has 0 spiro atoms. The summed E-state index contributed by atoms with van der Waals surface area (Å²) in [5, 5.41) is 90.2. The third-order valence-corrected chi connectivity index (χ3v) is 6.63. The van der Waals surface area contributed by atoms with Crippen LogP contribution >= 0.6 is 0 Å². The average molecular weight is 554 g/mol. The second-order valence-electron chi connectivity index (χ2n) is 9.27. The Morgan fingerprint density at radius 1 is 0.821 bits per heavy atom. The van der Waals surface area contributed by atoms with Crippen molar-refractivity contribution in [2.45, 2.75) is 55.3 Å². The van der Waals surface area contributed by atoms with E-state index in [1.54, 1.807) is 0 Å². The van der Waals surface area contributed by atoms with Crippen LogP contribution in [0.5, 0.6) is 23.0 Å². The van der Waals surface area contributed by atoms with E-state index >= 15 is 0 Å². The highest BCUT2D eigenvalue weighted by molar-refractivity contribution is 5.97. The molecule has 15 nitrogen and oxygen atoms in total. The number of aliphatic hydroxyl groups is 6. The van der Waals surface area contributed by atoms with Gasteiger partial charge >= 0.3 is 0 Å². The predicted octanol–water partition coefficient (Wildman–Crippen LogP) is -2.29. The highest BCUT2D eigenvalue weighted by atomic mass is 16.7.